The van der Waals surface area contributed by atoms with Crippen molar-refractivity contribution < 1.29 is 9.53 Å². The predicted octanol–water partition coefficient (Wildman–Crippen LogP) is 2.13. The Morgan fingerprint density at radius 1 is 1.58 bits per heavy atom. The summed E-state index contributed by atoms with van der Waals surface area (Å²) in [4.78, 5) is 13.2. The number of hydrogen-bond donors (Lipinski definition) is 1. The average molecular weight is 284 g/mol. The molecule has 1 N–H and O–H groups in total. The Labute approximate surface area is 117 Å². The van der Waals surface area contributed by atoms with Gasteiger partial charge in [0.1, 0.15) is 5.01 Å². The zero-order valence-electron chi connectivity index (χ0n) is 11.4. The van der Waals surface area contributed by atoms with Gasteiger partial charge in [-0.25, -0.2) is 4.79 Å². The molecule has 1 aliphatic heterocycles. The summed E-state index contributed by atoms with van der Waals surface area (Å²) in [5.41, 5.74) is 0. The molecular formula is C12H20N4O2S. The summed E-state index contributed by atoms with van der Waals surface area (Å²) < 4.78 is 4.76. The Balaban J connectivity index is 1.89. The lowest BCUT2D eigenvalue weighted by atomic mass is 10.1. The molecule has 2 rings (SSSR count). The third-order valence-electron chi connectivity index (χ3n) is 3.11. The second-order valence-corrected chi connectivity index (χ2v) is 5.71. The number of amides is 1. The van der Waals surface area contributed by atoms with Gasteiger partial charge >= 0.3 is 6.09 Å². The number of nitrogens with one attached hydrogen (secondary N) is 1. The first-order chi connectivity index (χ1) is 9.22. The van der Waals surface area contributed by atoms with E-state index in [9.17, 15) is 4.79 Å². The number of methoxy groups -OCH3 is 1. The van der Waals surface area contributed by atoms with Gasteiger partial charge in [-0.3, -0.25) is 0 Å². The molecule has 1 saturated heterocycles. The van der Waals surface area contributed by atoms with Crippen LogP contribution < -0.4 is 5.32 Å². The minimum absolute atomic E-state index is 0.232. The van der Waals surface area contributed by atoms with Crippen LogP contribution in [0.2, 0.25) is 0 Å². The number of likely N-dealkylation sites (tertiary alicyclic amines) is 1. The summed E-state index contributed by atoms with van der Waals surface area (Å²) in [5.74, 6) is 0. The molecule has 0 spiro atoms. The van der Waals surface area contributed by atoms with Gasteiger partial charge in [-0.15, -0.1) is 10.2 Å². The van der Waals surface area contributed by atoms with Gasteiger partial charge in [-0.2, -0.15) is 0 Å². The Hall–Kier alpha value is -1.37. The van der Waals surface area contributed by atoms with Crippen LogP contribution in [0.5, 0.6) is 0 Å². The number of nitrogens with zero attached hydrogens (tertiary/aromatic N) is 3. The fourth-order valence-electron chi connectivity index (χ4n) is 2.19. The van der Waals surface area contributed by atoms with Crippen LogP contribution >= 0.6 is 11.3 Å². The highest BCUT2D eigenvalue weighted by atomic mass is 32.1. The summed E-state index contributed by atoms with van der Waals surface area (Å²) in [6, 6.07) is 0.232. The molecule has 19 heavy (non-hydrogen) atoms. The van der Waals surface area contributed by atoms with Crippen LogP contribution in [0.4, 0.5) is 9.93 Å². The third-order valence-corrected chi connectivity index (χ3v) is 4.03. The predicted molar refractivity (Wildman–Crippen MR) is 74.5 cm³/mol. The molecule has 1 aromatic rings. The Bertz CT molecular complexity index is 424. The Morgan fingerprint density at radius 2 is 2.42 bits per heavy atom. The van der Waals surface area contributed by atoms with Crippen molar-refractivity contribution in [1.82, 2.24) is 15.1 Å². The smallest absolute Gasteiger partial charge is 0.409 e. The lowest BCUT2D eigenvalue weighted by Crippen LogP contribution is -2.45. The first-order valence-electron chi connectivity index (χ1n) is 6.64. The maximum atomic E-state index is 11.5. The van der Waals surface area contributed by atoms with Crippen molar-refractivity contribution in [3.63, 3.8) is 0 Å². The fraction of sp³-hybridized carbons (Fsp3) is 0.750. The van der Waals surface area contributed by atoms with E-state index in [2.05, 4.69) is 22.4 Å². The largest absolute Gasteiger partial charge is 0.453 e. The van der Waals surface area contributed by atoms with E-state index in [-0.39, 0.29) is 12.1 Å². The summed E-state index contributed by atoms with van der Waals surface area (Å²) in [5, 5.41) is 13.6. The van der Waals surface area contributed by atoms with Gasteiger partial charge in [-0.1, -0.05) is 18.3 Å². The third kappa shape index (κ3) is 3.79. The average Bonchev–Trinajstić information content (AvgIpc) is 2.86. The molecule has 1 atom stereocenters. The molecular weight excluding hydrogens is 264 g/mol. The van der Waals surface area contributed by atoms with E-state index in [0.29, 0.717) is 6.54 Å². The quantitative estimate of drug-likeness (QED) is 0.917. The standard InChI is InChI=1S/C12H20N4O2S/c1-3-5-10-14-15-11(19-10)13-9-6-4-7-16(8-9)12(17)18-2/h9H,3-8H2,1-2H3,(H,13,15). The molecule has 7 heteroatoms. The molecule has 0 radical (unpaired) electrons. The lowest BCUT2D eigenvalue weighted by Gasteiger charge is -2.31. The van der Waals surface area contributed by atoms with E-state index in [4.69, 9.17) is 4.74 Å². The number of ether oxygens (including phenoxy) is 1. The van der Waals surface area contributed by atoms with E-state index in [0.717, 1.165) is 42.4 Å². The number of aryl methyl sites for hydroxylation is 1. The van der Waals surface area contributed by atoms with Crippen molar-refractivity contribution in [2.24, 2.45) is 0 Å². The zero-order valence-corrected chi connectivity index (χ0v) is 12.2. The Kier molecular flexibility index (Phi) is 4.95. The fourth-order valence-corrected chi connectivity index (χ4v) is 3.11. The number of hydrogen-bond acceptors (Lipinski definition) is 6. The van der Waals surface area contributed by atoms with Crippen LogP contribution in [0.25, 0.3) is 0 Å². The molecule has 1 unspecified atom stereocenters. The molecule has 6 nitrogen and oxygen atoms in total. The number of aromatic nitrogens is 2. The highest BCUT2D eigenvalue weighted by Crippen LogP contribution is 2.20. The molecule has 2 heterocycles. The summed E-state index contributed by atoms with van der Waals surface area (Å²) in [6.07, 6.45) is 3.81. The van der Waals surface area contributed by atoms with Gasteiger partial charge in [0.2, 0.25) is 5.13 Å². The molecule has 1 fully saturated rings. The van der Waals surface area contributed by atoms with Crippen molar-refractivity contribution in [3.8, 4) is 0 Å². The number of carbonyl (C=O) groups excluding carboxylic acids is 1. The van der Waals surface area contributed by atoms with Gasteiger partial charge in [0.05, 0.1) is 7.11 Å². The van der Waals surface area contributed by atoms with Gasteiger partial charge in [0.25, 0.3) is 0 Å². The maximum absolute atomic E-state index is 11.5. The van der Waals surface area contributed by atoms with Crippen molar-refractivity contribution in [2.75, 3.05) is 25.5 Å². The van der Waals surface area contributed by atoms with Gasteiger partial charge in [0, 0.05) is 25.6 Å². The number of carbonyl (C=O) groups is 1. The van der Waals surface area contributed by atoms with E-state index in [1.807, 2.05) is 0 Å². The number of piperidine rings is 1. The molecule has 0 aromatic carbocycles. The topological polar surface area (TPSA) is 67.4 Å². The minimum Gasteiger partial charge on any atom is -0.453 e. The normalized spacial score (nSPS) is 19.3. The van der Waals surface area contributed by atoms with Crippen LogP contribution in [0, 0.1) is 0 Å². The highest BCUT2D eigenvalue weighted by molar-refractivity contribution is 7.15. The first kappa shape index (κ1) is 14.0. The van der Waals surface area contributed by atoms with E-state index in [1.54, 1.807) is 16.2 Å². The number of rotatable bonds is 4. The minimum atomic E-state index is -0.254. The summed E-state index contributed by atoms with van der Waals surface area (Å²) >= 11 is 1.60. The van der Waals surface area contributed by atoms with Crippen LogP contribution in [0.1, 0.15) is 31.2 Å². The van der Waals surface area contributed by atoms with E-state index in [1.165, 1.54) is 7.11 Å². The van der Waals surface area contributed by atoms with Crippen molar-refractivity contribution in [2.45, 2.75) is 38.6 Å². The lowest BCUT2D eigenvalue weighted by molar-refractivity contribution is 0.113. The molecule has 0 aliphatic carbocycles. The van der Waals surface area contributed by atoms with Crippen LogP contribution in [0.15, 0.2) is 0 Å². The van der Waals surface area contributed by atoms with Crippen molar-refractivity contribution in [1.29, 1.82) is 0 Å². The summed E-state index contributed by atoms with van der Waals surface area (Å²) in [6.45, 7) is 3.56. The second-order valence-electron chi connectivity index (χ2n) is 4.65. The highest BCUT2D eigenvalue weighted by Gasteiger charge is 2.24. The molecule has 1 aliphatic rings. The maximum Gasteiger partial charge on any atom is 0.409 e. The van der Waals surface area contributed by atoms with Gasteiger partial charge in [0.15, 0.2) is 0 Å². The van der Waals surface area contributed by atoms with Gasteiger partial charge in [-0.05, 0) is 19.3 Å². The van der Waals surface area contributed by atoms with Crippen molar-refractivity contribution in [3.05, 3.63) is 5.01 Å². The van der Waals surface area contributed by atoms with Crippen LogP contribution in [0.3, 0.4) is 0 Å². The first-order valence-corrected chi connectivity index (χ1v) is 7.46. The SMILES string of the molecule is CCCc1nnc(NC2CCCN(C(=O)OC)C2)s1. The number of anilines is 1. The van der Waals surface area contributed by atoms with Crippen LogP contribution in [-0.2, 0) is 11.2 Å². The monoisotopic (exact) mass is 284 g/mol. The second kappa shape index (κ2) is 6.70. The molecule has 0 saturated carbocycles. The van der Waals surface area contributed by atoms with Crippen LogP contribution in [-0.4, -0.2) is 47.4 Å². The molecule has 1 amide bonds. The van der Waals surface area contributed by atoms with Gasteiger partial charge < -0.3 is 15.0 Å². The van der Waals surface area contributed by atoms with E-state index < -0.39 is 0 Å². The summed E-state index contributed by atoms with van der Waals surface area (Å²) in [7, 11) is 1.42. The van der Waals surface area contributed by atoms with E-state index >= 15 is 0 Å². The molecule has 1 aromatic heterocycles. The molecule has 0 bridgehead atoms. The molecule has 106 valence electrons. The Morgan fingerprint density at radius 3 is 3.16 bits per heavy atom. The zero-order chi connectivity index (χ0) is 13.7. The van der Waals surface area contributed by atoms with Crippen molar-refractivity contribution >= 4 is 22.6 Å².